The summed E-state index contributed by atoms with van der Waals surface area (Å²) < 4.78 is 0. The van der Waals surface area contributed by atoms with Crippen LogP contribution in [-0.2, 0) is 25.6 Å². The molecular formula is C23H26N4O4S. The Labute approximate surface area is 190 Å². The number of nitrogens with zero attached hydrogens (tertiary/aromatic N) is 4. The maximum absolute atomic E-state index is 13.0. The molecule has 168 valence electrons. The number of carbonyl (C=O) groups is 4. The van der Waals surface area contributed by atoms with E-state index >= 15 is 0 Å². The van der Waals surface area contributed by atoms with Crippen LogP contribution in [0.15, 0.2) is 24.3 Å². The predicted octanol–water partition coefficient (Wildman–Crippen LogP) is 1.79. The van der Waals surface area contributed by atoms with Crippen molar-refractivity contribution in [1.29, 1.82) is 0 Å². The normalized spacial score (nSPS) is 16.8. The lowest BCUT2D eigenvalue weighted by molar-refractivity contribution is -0.147. The number of imide groups is 1. The third-order valence-electron chi connectivity index (χ3n) is 5.87. The van der Waals surface area contributed by atoms with Crippen molar-refractivity contribution >= 4 is 35.0 Å². The maximum atomic E-state index is 13.0. The Kier molecular flexibility index (Phi) is 6.36. The number of hydrogen-bond donors (Lipinski definition) is 0. The predicted molar refractivity (Wildman–Crippen MR) is 120 cm³/mol. The number of thiazole rings is 1. The number of carbonyl (C=O) groups excluding carboxylic acids is 4. The summed E-state index contributed by atoms with van der Waals surface area (Å²) in [6.07, 6.45) is 0.630. The molecule has 32 heavy (non-hydrogen) atoms. The van der Waals surface area contributed by atoms with Crippen LogP contribution in [0, 0.1) is 13.8 Å². The molecular weight excluding hydrogens is 428 g/mol. The summed E-state index contributed by atoms with van der Waals surface area (Å²) in [5, 5.41) is 0.921. The quantitative estimate of drug-likeness (QED) is 0.643. The minimum absolute atomic E-state index is 0.0130. The van der Waals surface area contributed by atoms with Crippen LogP contribution in [0.3, 0.4) is 0 Å². The highest BCUT2D eigenvalue weighted by Crippen LogP contribution is 2.29. The van der Waals surface area contributed by atoms with E-state index < -0.39 is 0 Å². The number of aromatic nitrogens is 1. The number of rotatable bonds is 5. The zero-order valence-electron chi connectivity index (χ0n) is 18.3. The van der Waals surface area contributed by atoms with Crippen molar-refractivity contribution in [2.24, 2.45) is 0 Å². The molecule has 0 atom stereocenters. The molecule has 3 heterocycles. The number of aryl methyl sites for hydroxylation is 2. The molecule has 2 saturated heterocycles. The molecule has 1 aromatic heterocycles. The lowest BCUT2D eigenvalue weighted by atomic mass is 10.1. The summed E-state index contributed by atoms with van der Waals surface area (Å²) in [6, 6.07) is 8.13. The standard InChI is InChI=1S/C23H26N4O4S/c1-15-3-5-17(6-4-15)23-18(32-16(2)24-23)13-21(30)25-9-11-26(12-10-25)22(31)14-27-19(28)7-8-20(27)29/h3-6H,7-14H2,1-2H3. The second kappa shape index (κ2) is 9.20. The van der Waals surface area contributed by atoms with Gasteiger partial charge in [0, 0.05) is 49.5 Å². The Balaban J connectivity index is 1.34. The zero-order chi connectivity index (χ0) is 22.8. The maximum Gasteiger partial charge on any atom is 0.242 e. The van der Waals surface area contributed by atoms with Gasteiger partial charge < -0.3 is 9.80 Å². The van der Waals surface area contributed by atoms with Crippen LogP contribution in [-0.4, -0.2) is 76.0 Å². The molecule has 0 spiro atoms. The summed E-state index contributed by atoms with van der Waals surface area (Å²) in [6.45, 7) is 5.43. The van der Waals surface area contributed by atoms with Gasteiger partial charge in [-0.3, -0.25) is 24.1 Å². The van der Waals surface area contributed by atoms with Crippen molar-refractivity contribution in [3.8, 4) is 11.3 Å². The van der Waals surface area contributed by atoms with Crippen molar-refractivity contribution in [3.63, 3.8) is 0 Å². The molecule has 0 saturated carbocycles. The molecule has 0 bridgehead atoms. The molecule has 4 rings (SSSR count). The van der Waals surface area contributed by atoms with Gasteiger partial charge in [-0.05, 0) is 13.8 Å². The first kappa shape index (κ1) is 22.1. The zero-order valence-corrected chi connectivity index (χ0v) is 19.1. The van der Waals surface area contributed by atoms with E-state index in [1.54, 1.807) is 9.80 Å². The second-order valence-electron chi connectivity index (χ2n) is 8.18. The van der Waals surface area contributed by atoms with E-state index in [1.165, 1.54) is 16.9 Å². The van der Waals surface area contributed by atoms with E-state index in [0.29, 0.717) is 26.2 Å². The van der Waals surface area contributed by atoms with Gasteiger partial charge in [-0.15, -0.1) is 11.3 Å². The Bertz CT molecular complexity index is 1040. The highest BCUT2D eigenvalue weighted by molar-refractivity contribution is 7.12. The average molecular weight is 455 g/mol. The Morgan fingerprint density at radius 3 is 2.06 bits per heavy atom. The highest BCUT2D eigenvalue weighted by atomic mass is 32.1. The SMILES string of the molecule is Cc1ccc(-c2nc(C)sc2CC(=O)N2CCN(C(=O)CN3C(=O)CCC3=O)CC2)cc1. The molecule has 8 nitrogen and oxygen atoms in total. The largest absolute Gasteiger partial charge is 0.339 e. The van der Waals surface area contributed by atoms with E-state index in [1.807, 2.05) is 38.1 Å². The first-order valence-corrected chi connectivity index (χ1v) is 11.6. The van der Waals surface area contributed by atoms with E-state index in [4.69, 9.17) is 0 Å². The van der Waals surface area contributed by atoms with Gasteiger partial charge in [0.2, 0.25) is 23.6 Å². The van der Waals surface area contributed by atoms with Gasteiger partial charge in [0.25, 0.3) is 0 Å². The number of likely N-dealkylation sites (tertiary alicyclic amines) is 1. The van der Waals surface area contributed by atoms with Gasteiger partial charge >= 0.3 is 0 Å². The summed E-state index contributed by atoms with van der Waals surface area (Å²) in [7, 11) is 0. The van der Waals surface area contributed by atoms with Crippen molar-refractivity contribution in [3.05, 3.63) is 39.7 Å². The lowest BCUT2D eigenvalue weighted by Crippen LogP contribution is -2.53. The monoisotopic (exact) mass is 454 g/mol. The molecule has 2 fully saturated rings. The third kappa shape index (κ3) is 4.72. The van der Waals surface area contributed by atoms with Gasteiger partial charge in [-0.25, -0.2) is 4.98 Å². The van der Waals surface area contributed by atoms with Crippen LogP contribution in [0.2, 0.25) is 0 Å². The summed E-state index contributed by atoms with van der Waals surface area (Å²) >= 11 is 1.54. The van der Waals surface area contributed by atoms with Crippen LogP contribution in [0.25, 0.3) is 11.3 Å². The van der Waals surface area contributed by atoms with Crippen molar-refractivity contribution in [1.82, 2.24) is 19.7 Å². The number of hydrogen-bond acceptors (Lipinski definition) is 6. The van der Waals surface area contributed by atoms with Crippen molar-refractivity contribution < 1.29 is 19.2 Å². The second-order valence-corrected chi connectivity index (χ2v) is 9.47. The molecule has 2 aromatic rings. The van der Waals surface area contributed by atoms with E-state index in [0.717, 1.165) is 26.0 Å². The van der Waals surface area contributed by atoms with Gasteiger partial charge in [-0.2, -0.15) is 0 Å². The minimum Gasteiger partial charge on any atom is -0.339 e. The van der Waals surface area contributed by atoms with Crippen LogP contribution in [0.4, 0.5) is 0 Å². The van der Waals surface area contributed by atoms with Gasteiger partial charge in [-0.1, -0.05) is 29.8 Å². The molecule has 0 aliphatic carbocycles. The lowest BCUT2D eigenvalue weighted by Gasteiger charge is -2.35. The summed E-state index contributed by atoms with van der Waals surface area (Å²) in [4.78, 5) is 59.0. The Morgan fingerprint density at radius 2 is 1.47 bits per heavy atom. The van der Waals surface area contributed by atoms with Crippen molar-refractivity contribution in [2.45, 2.75) is 33.1 Å². The molecule has 9 heteroatoms. The van der Waals surface area contributed by atoms with Crippen LogP contribution >= 0.6 is 11.3 Å². The number of benzene rings is 1. The number of amides is 4. The fourth-order valence-corrected chi connectivity index (χ4v) is 4.96. The van der Waals surface area contributed by atoms with Crippen LogP contribution < -0.4 is 0 Å². The van der Waals surface area contributed by atoms with Gasteiger partial charge in [0.05, 0.1) is 17.1 Å². The molecule has 4 amide bonds. The van der Waals surface area contributed by atoms with Crippen LogP contribution in [0.5, 0.6) is 0 Å². The summed E-state index contributed by atoms with van der Waals surface area (Å²) in [5.74, 6) is -0.817. The highest BCUT2D eigenvalue weighted by Gasteiger charge is 2.33. The molecule has 0 N–H and O–H groups in total. The number of piperazine rings is 1. The van der Waals surface area contributed by atoms with E-state index in [2.05, 4.69) is 4.98 Å². The summed E-state index contributed by atoms with van der Waals surface area (Å²) in [5.41, 5.74) is 3.03. The molecule has 0 unspecified atom stereocenters. The molecule has 0 radical (unpaired) electrons. The van der Waals surface area contributed by atoms with Gasteiger partial charge in [0.15, 0.2) is 0 Å². The topological polar surface area (TPSA) is 90.9 Å². The van der Waals surface area contributed by atoms with Crippen molar-refractivity contribution in [2.75, 3.05) is 32.7 Å². The molecule has 1 aromatic carbocycles. The Morgan fingerprint density at radius 1 is 0.906 bits per heavy atom. The third-order valence-corrected chi connectivity index (χ3v) is 6.85. The first-order chi connectivity index (χ1) is 15.3. The fourth-order valence-electron chi connectivity index (χ4n) is 4.01. The van der Waals surface area contributed by atoms with Gasteiger partial charge in [0.1, 0.15) is 6.54 Å². The molecule has 2 aliphatic heterocycles. The average Bonchev–Trinajstić information content (AvgIpc) is 3.30. The minimum atomic E-state index is -0.290. The smallest absolute Gasteiger partial charge is 0.242 e. The first-order valence-electron chi connectivity index (χ1n) is 10.7. The van der Waals surface area contributed by atoms with E-state index in [9.17, 15) is 19.2 Å². The Hall–Kier alpha value is -3.07. The fraction of sp³-hybridized carbons (Fsp3) is 0.435. The van der Waals surface area contributed by atoms with Crippen LogP contribution in [0.1, 0.15) is 28.3 Å². The van der Waals surface area contributed by atoms with E-state index in [-0.39, 0.29) is 49.4 Å². The molecule has 2 aliphatic rings.